The van der Waals surface area contributed by atoms with Gasteiger partial charge in [0.1, 0.15) is 17.8 Å². The average molecular weight is 327 g/mol. The van der Waals surface area contributed by atoms with Crippen LogP contribution >= 0.6 is 0 Å². The Bertz CT molecular complexity index is 717. The summed E-state index contributed by atoms with van der Waals surface area (Å²) in [6.45, 7) is 1.45. The number of nitrogens with zero attached hydrogens (tertiary/aromatic N) is 3. The second-order valence-corrected chi connectivity index (χ2v) is 6.06. The molecule has 0 radical (unpaired) electrons. The molecule has 0 spiro atoms. The largest absolute Gasteiger partial charge is 0.348 e. The minimum atomic E-state index is -0.145. The third kappa shape index (κ3) is 3.98. The molecule has 0 aliphatic heterocycles. The lowest BCUT2D eigenvalue weighted by Crippen LogP contribution is -2.36. The summed E-state index contributed by atoms with van der Waals surface area (Å²) in [5, 5.41) is 5.71. The molecule has 0 bridgehead atoms. The summed E-state index contributed by atoms with van der Waals surface area (Å²) >= 11 is 0. The van der Waals surface area contributed by atoms with Crippen molar-refractivity contribution in [3.63, 3.8) is 0 Å². The number of anilines is 1. The highest BCUT2D eigenvalue weighted by Crippen LogP contribution is 2.18. The van der Waals surface area contributed by atoms with Crippen LogP contribution in [0.3, 0.4) is 0 Å². The summed E-state index contributed by atoms with van der Waals surface area (Å²) in [6, 6.07) is 3.77. The zero-order chi connectivity index (χ0) is 16.9. The standard InChI is InChI=1S/C17H21N5O2/c1-12(23)20-14-7-8-16(18-9-14)22-10-15(19-11-22)17(24)21-13-5-3-2-4-6-13/h7-11,13H,2-6H2,1H3,(H,20,23)(H,21,24). The van der Waals surface area contributed by atoms with Crippen molar-refractivity contribution in [2.24, 2.45) is 0 Å². The second kappa shape index (κ2) is 7.25. The fraction of sp³-hybridized carbons (Fsp3) is 0.412. The number of hydrogen-bond donors (Lipinski definition) is 2. The van der Waals surface area contributed by atoms with Crippen LogP contribution in [0.2, 0.25) is 0 Å². The van der Waals surface area contributed by atoms with Gasteiger partial charge < -0.3 is 10.6 Å². The third-order valence-corrected chi connectivity index (χ3v) is 4.09. The van der Waals surface area contributed by atoms with Gasteiger partial charge in [-0.3, -0.25) is 14.2 Å². The van der Waals surface area contributed by atoms with Gasteiger partial charge in [0, 0.05) is 19.2 Å². The van der Waals surface area contributed by atoms with E-state index >= 15 is 0 Å². The van der Waals surface area contributed by atoms with Crippen LogP contribution in [-0.4, -0.2) is 32.4 Å². The molecule has 2 N–H and O–H groups in total. The Balaban J connectivity index is 1.66. The first kappa shape index (κ1) is 16.2. The number of amides is 2. The molecule has 2 amide bonds. The minimum Gasteiger partial charge on any atom is -0.348 e. The van der Waals surface area contributed by atoms with Gasteiger partial charge in [-0.15, -0.1) is 0 Å². The number of pyridine rings is 1. The number of imidazole rings is 1. The number of rotatable bonds is 4. The van der Waals surface area contributed by atoms with Crippen LogP contribution in [0.1, 0.15) is 49.5 Å². The van der Waals surface area contributed by atoms with Crippen molar-refractivity contribution in [3.05, 3.63) is 36.5 Å². The smallest absolute Gasteiger partial charge is 0.271 e. The molecule has 7 heteroatoms. The Labute approximate surface area is 140 Å². The second-order valence-electron chi connectivity index (χ2n) is 6.06. The molecular weight excluding hydrogens is 306 g/mol. The van der Waals surface area contributed by atoms with Gasteiger partial charge in [-0.05, 0) is 25.0 Å². The fourth-order valence-corrected chi connectivity index (χ4v) is 2.89. The van der Waals surface area contributed by atoms with Crippen LogP contribution in [0, 0.1) is 0 Å². The van der Waals surface area contributed by atoms with E-state index in [2.05, 4.69) is 20.6 Å². The van der Waals surface area contributed by atoms with Crippen molar-refractivity contribution in [1.82, 2.24) is 19.9 Å². The van der Waals surface area contributed by atoms with E-state index in [1.165, 1.54) is 26.2 Å². The Kier molecular flexibility index (Phi) is 4.88. The summed E-state index contributed by atoms with van der Waals surface area (Å²) in [7, 11) is 0. The van der Waals surface area contributed by atoms with Crippen LogP contribution in [0.4, 0.5) is 5.69 Å². The normalized spacial score (nSPS) is 15.0. The van der Waals surface area contributed by atoms with E-state index in [1.807, 2.05) is 0 Å². The predicted molar refractivity (Wildman–Crippen MR) is 90.0 cm³/mol. The zero-order valence-electron chi connectivity index (χ0n) is 13.7. The van der Waals surface area contributed by atoms with Gasteiger partial charge in [0.05, 0.1) is 11.9 Å². The van der Waals surface area contributed by atoms with Crippen LogP contribution in [0.5, 0.6) is 0 Å². The first-order valence-corrected chi connectivity index (χ1v) is 8.21. The summed E-state index contributed by atoms with van der Waals surface area (Å²) in [6.07, 6.45) is 10.5. The number of aromatic nitrogens is 3. The molecule has 1 aliphatic carbocycles. The fourth-order valence-electron chi connectivity index (χ4n) is 2.89. The lowest BCUT2D eigenvalue weighted by molar-refractivity contribution is -0.114. The van der Waals surface area contributed by atoms with Gasteiger partial charge in [0.25, 0.3) is 5.91 Å². The molecule has 1 saturated carbocycles. The van der Waals surface area contributed by atoms with Crippen molar-refractivity contribution in [3.8, 4) is 5.82 Å². The van der Waals surface area contributed by atoms with Crippen molar-refractivity contribution >= 4 is 17.5 Å². The van der Waals surface area contributed by atoms with E-state index in [0.717, 1.165) is 12.8 Å². The van der Waals surface area contributed by atoms with Crippen molar-refractivity contribution < 1.29 is 9.59 Å². The number of carbonyl (C=O) groups is 2. The van der Waals surface area contributed by atoms with E-state index in [9.17, 15) is 9.59 Å². The highest BCUT2D eigenvalue weighted by molar-refractivity contribution is 5.92. The van der Waals surface area contributed by atoms with Crippen molar-refractivity contribution in [1.29, 1.82) is 0 Å². The number of nitrogens with one attached hydrogen (secondary N) is 2. The quantitative estimate of drug-likeness (QED) is 0.901. The maximum absolute atomic E-state index is 12.3. The van der Waals surface area contributed by atoms with Gasteiger partial charge in [-0.1, -0.05) is 19.3 Å². The molecular formula is C17H21N5O2. The molecule has 2 aromatic heterocycles. The van der Waals surface area contributed by atoms with Crippen molar-refractivity contribution in [2.45, 2.75) is 45.1 Å². The Hall–Kier alpha value is -2.70. The van der Waals surface area contributed by atoms with Gasteiger partial charge in [0.2, 0.25) is 5.91 Å². The summed E-state index contributed by atoms with van der Waals surface area (Å²) < 4.78 is 1.69. The van der Waals surface area contributed by atoms with Crippen LogP contribution in [-0.2, 0) is 4.79 Å². The first-order chi connectivity index (χ1) is 11.6. The van der Waals surface area contributed by atoms with Crippen LogP contribution in [0.25, 0.3) is 5.82 Å². The lowest BCUT2D eigenvalue weighted by atomic mass is 9.95. The molecule has 2 aromatic rings. The van der Waals surface area contributed by atoms with E-state index in [4.69, 9.17) is 0 Å². The highest BCUT2D eigenvalue weighted by Gasteiger charge is 2.18. The summed E-state index contributed by atoms with van der Waals surface area (Å²) in [5.74, 6) is 0.345. The molecule has 126 valence electrons. The third-order valence-electron chi connectivity index (χ3n) is 4.09. The van der Waals surface area contributed by atoms with Crippen LogP contribution in [0.15, 0.2) is 30.9 Å². The molecule has 0 atom stereocenters. The molecule has 2 heterocycles. The summed E-state index contributed by atoms with van der Waals surface area (Å²) in [4.78, 5) is 31.7. The van der Waals surface area contributed by atoms with Gasteiger partial charge >= 0.3 is 0 Å². The molecule has 1 aliphatic rings. The minimum absolute atomic E-state index is 0.143. The molecule has 0 aromatic carbocycles. The monoisotopic (exact) mass is 327 g/mol. The molecule has 0 unspecified atom stereocenters. The number of hydrogen-bond acceptors (Lipinski definition) is 4. The molecule has 3 rings (SSSR count). The van der Waals surface area contributed by atoms with Crippen LogP contribution < -0.4 is 10.6 Å². The van der Waals surface area contributed by atoms with E-state index in [0.29, 0.717) is 17.2 Å². The maximum atomic E-state index is 12.3. The van der Waals surface area contributed by atoms with E-state index in [-0.39, 0.29) is 17.9 Å². The first-order valence-electron chi connectivity index (χ1n) is 8.21. The topological polar surface area (TPSA) is 88.9 Å². The zero-order valence-corrected chi connectivity index (χ0v) is 13.7. The van der Waals surface area contributed by atoms with Gasteiger partial charge in [-0.2, -0.15) is 0 Å². The van der Waals surface area contributed by atoms with Crippen molar-refractivity contribution in [2.75, 3.05) is 5.32 Å². The Morgan fingerprint density at radius 1 is 1.17 bits per heavy atom. The lowest BCUT2D eigenvalue weighted by Gasteiger charge is -2.22. The summed E-state index contributed by atoms with van der Waals surface area (Å²) in [5.41, 5.74) is 1.01. The van der Waals surface area contributed by atoms with Gasteiger partial charge in [-0.25, -0.2) is 9.97 Å². The highest BCUT2D eigenvalue weighted by atomic mass is 16.2. The molecule has 0 saturated heterocycles. The molecule has 7 nitrogen and oxygen atoms in total. The Morgan fingerprint density at radius 3 is 2.62 bits per heavy atom. The molecule has 24 heavy (non-hydrogen) atoms. The maximum Gasteiger partial charge on any atom is 0.271 e. The Morgan fingerprint density at radius 2 is 1.96 bits per heavy atom. The number of carbonyl (C=O) groups excluding carboxylic acids is 2. The molecule has 1 fully saturated rings. The van der Waals surface area contributed by atoms with Gasteiger partial charge in [0.15, 0.2) is 0 Å². The van der Waals surface area contributed by atoms with E-state index in [1.54, 1.807) is 35.4 Å². The SMILES string of the molecule is CC(=O)Nc1ccc(-n2cnc(C(=O)NC3CCCCC3)c2)nc1. The van der Waals surface area contributed by atoms with E-state index < -0.39 is 0 Å². The predicted octanol–water partition coefficient (Wildman–Crippen LogP) is 2.29. The average Bonchev–Trinajstić information content (AvgIpc) is 3.06.